The van der Waals surface area contributed by atoms with Gasteiger partial charge in [0, 0.05) is 13.1 Å². The molecule has 1 fully saturated rings. The largest absolute Gasteiger partial charge is 0.401 e. The summed E-state index contributed by atoms with van der Waals surface area (Å²) in [5.74, 6) is -0.146. The van der Waals surface area contributed by atoms with Gasteiger partial charge >= 0.3 is 6.18 Å². The van der Waals surface area contributed by atoms with Crippen LogP contribution in [0.4, 0.5) is 13.2 Å². The van der Waals surface area contributed by atoms with E-state index in [1.165, 1.54) is 4.90 Å². The molecule has 1 amide bonds. The van der Waals surface area contributed by atoms with Gasteiger partial charge < -0.3 is 11.1 Å². The monoisotopic (exact) mass is 267 g/mol. The Hall–Kier alpha value is -0.820. The summed E-state index contributed by atoms with van der Waals surface area (Å²) < 4.78 is 36.5. The average Bonchev–Trinajstić information content (AvgIpc) is 2.69. The van der Waals surface area contributed by atoms with E-state index in [0.29, 0.717) is 32.5 Å². The molecule has 0 spiro atoms. The van der Waals surface area contributed by atoms with Gasteiger partial charge in [0.15, 0.2) is 0 Å². The maximum Gasteiger partial charge on any atom is 0.401 e. The summed E-state index contributed by atoms with van der Waals surface area (Å²) in [5.41, 5.74) is 5.54. The van der Waals surface area contributed by atoms with E-state index in [2.05, 4.69) is 5.32 Å². The Morgan fingerprint density at radius 3 is 2.78 bits per heavy atom. The molecule has 1 saturated heterocycles. The first-order valence-electron chi connectivity index (χ1n) is 6.14. The van der Waals surface area contributed by atoms with Crippen molar-refractivity contribution in [1.82, 2.24) is 10.2 Å². The van der Waals surface area contributed by atoms with Crippen molar-refractivity contribution >= 4 is 5.91 Å². The maximum absolute atomic E-state index is 12.2. The van der Waals surface area contributed by atoms with Crippen molar-refractivity contribution in [2.24, 2.45) is 11.7 Å². The van der Waals surface area contributed by atoms with E-state index in [9.17, 15) is 18.0 Å². The van der Waals surface area contributed by atoms with Crippen LogP contribution >= 0.6 is 0 Å². The molecule has 0 radical (unpaired) electrons. The lowest BCUT2D eigenvalue weighted by Crippen LogP contribution is -2.42. The average molecular weight is 267 g/mol. The van der Waals surface area contributed by atoms with Crippen LogP contribution in [0, 0.1) is 5.92 Å². The smallest absolute Gasteiger partial charge is 0.354 e. The molecule has 2 atom stereocenters. The van der Waals surface area contributed by atoms with E-state index in [1.807, 2.05) is 6.92 Å². The van der Waals surface area contributed by atoms with Gasteiger partial charge in [0.2, 0.25) is 5.91 Å². The third-order valence-electron chi connectivity index (χ3n) is 3.11. The first-order chi connectivity index (χ1) is 8.31. The van der Waals surface area contributed by atoms with Crippen LogP contribution in [0.1, 0.15) is 19.8 Å². The second-order valence-electron chi connectivity index (χ2n) is 4.76. The predicted octanol–water partition coefficient (Wildman–Crippen LogP) is 0.724. The van der Waals surface area contributed by atoms with E-state index in [4.69, 9.17) is 5.73 Å². The van der Waals surface area contributed by atoms with Gasteiger partial charge in [0.1, 0.15) is 0 Å². The minimum absolute atomic E-state index is 0.0837. The molecule has 106 valence electrons. The molecule has 4 nitrogen and oxygen atoms in total. The third kappa shape index (κ3) is 5.22. The molecule has 0 bridgehead atoms. The minimum atomic E-state index is -4.15. The standard InChI is InChI=1S/C11H20F3N3O/c1-2-9(15)10(18)16-5-8-3-4-17(6-8)7-11(12,13)14/h8-9H,2-7,15H2,1H3,(H,16,18). The molecule has 7 heteroatoms. The Labute approximate surface area is 105 Å². The van der Waals surface area contributed by atoms with Crippen molar-refractivity contribution in [2.45, 2.75) is 32.0 Å². The van der Waals surface area contributed by atoms with Gasteiger partial charge in [-0.1, -0.05) is 6.92 Å². The second kappa shape index (κ2) is 6.38. The quantitative estimate of drug-likeness (QED) is 0.772. The number of nitrogens with zero attached hydrogens (tertiary/aromatic N) is 1. The van der Waals surface area contributed by atoms with Crippen LogP contribution in [0.15, 0.2) is 0 Å². The number of hydrogen-bond donors (Lipinski definition) is 2. The van der Waals surface area contributed by atoms with Crippen LogP contribution in [-0.4, -0.2) is 49.2 Å². The lowest BCUT2D eigenvalue weighted by atomic mass is 10.1. The van der Waals surface area contributed by atoms with Crippen LogP contribution in [0.2, 0.25) is 0 Å². The fraction of sp³-hybridized carbons (Fsp3) is 0.909. The van der Waals surface area contributed by atoms with Gasteiger partial charge in [-0.3, -0.25) is 9.69 Å². The molecule has 0 aromatic heterocycles. The highest BCUT2D eigenvalue weighted by Crippen LogP contribution is 2.22. The summed E-state index contributed by atoms with van der Waals surface area (Å²) in [6.07, 6.45) is -2.92. The highest BCUT2D eigenvalue weighted by Gasteiger charge is 2.34. The molecule has 18 heavy (non-hydrogen) atoms. The zero-order chi connectivity index (χ0) is 13.8. The van der Waals surface area contributed by atoms with E-state index in [1.54, 1.807) is 0 Å². The van der Waals surface area contributed by atoms with Crippen molar-refractivity contribution < 1.29 is 18.0 Å². The molecule has 0 saturated carbocycles. The molecule has 0 aromatic carbocycles. The Balaban J connectivity index is 2.25. The number of nitrogens with one attached hydrogen (secondary N) is 1. The SMILES string of the molecule is CCC(N)C(=O)NCC1CCN(CC(F)(F)F)C1. The number of likely N-dealkylation sites (tertiary alicyclic amines) is 1. The van der Waals surface area contributed by atoms with Crippen LogP contribution in [-0.2, 0) is 4.79 Å². The van der Waals surface area contributed by atoms with Gasteiger partial charge in [-0.15, -0.1) is 0 Å². The van der Waals surface area contributed by atoms with Gasteiger partial charge in [0.25, 0.3) is 0 Å². The number of carbonyl (C=O) groups is 1. The molecule has 0 aliphatic carbocycles. The first-order valence-corrected chi connectivity index (χ1v) is 6.14. The Kier molecular flexibility index (Phi) is 5.40. The minimum Gasteiger partial charge on any atom is -0.354 e. The highest BCUT2D eigenvalue weighted by atomic mass is 19.4. The molecule has 1 heterocycles. The van der Waals surface area contributed by atoms with Crippen molar-refractivity contribution in [3.63, 3.8) is 0 Å². The number of halogens is 3. The predicted molar refractivity (Wildman–Crippen MR) is 61.9 cm³/mol. The number of alkyl halides is 3. The third-order valence-corrected chi connectivity index (χ3v) is 3.11. The maximum atomic E-state index is 12.2. The number of amides is 1. The highest BCUT2D eigenvalue weighted by molar-refractivity contribution is 5.81. The summed E-state index contributed by atoms with van der Waals surface area (Å²) >= 11 is 0. The molecule has 1 rings (SSSR count). The van der Waals surface area contributed by atoms with Gasteiger partial charge in [-0.05, 0) is 25.3 Å². The Bertz CT molecular complexity index is 283. The van der Waals surface area contributed by atoms with Crippen molar-refractivity contribution in [1.29, 1.82) is 0 Å². The van der Waals surface area contributed by atoms with Crippen LogP contribution in [0.25, 0.3) is 0 Å². The number of nitrogens with two attached hydrogens (primary N) is 1. The Morgan fingerprint density at radius 2 is 2.22 bits per heavy atom. The fourth-order valence-electron chi connectivity index (χ4n) is 2.04. The summed E-state index contributed by atoms with van der Waals surface area (Å²) in [5, 5.41) is 2.69. The first kappa shape index (κ1) is 15.2. The second-order valence-corrected chi connectivity index (χ2v) is 4.76. The van der Waals surface area contributed by atoms with Gasteiger partial charge in [-0.25, -0.2) is 0 Å². The molecule has 0 aromatic rings. The topological polar surface area (TPSA) is 58.4 Å². The number of rotatable bonds is 5. The van der Waals surface area contributed by atoms with Crippen LogP contribution in [0.3, 0.4) is 0 Å². The lowest BCUT2D eigenvalue weighted by Gasteiger charge is -2.18. The van der Waals surface area contributed by atoms with Crippen molar-refractivity contribution in [3.05, 3.63) is 0 Å². The Morgan fingerprint density at radius 1 is 1.56 bits per heavy atom. The van der Waals surface area contributed by atoms with Crippen LogP contribution in [0.5, 0.6) is 0 Å². The zero-order valence-electron chi connectivity index (χ0n) is 10.5. The van der Waals surface area contributed by atoms with E-state index in [0.717, 1.165) is 0 Å². The summed E-state index contributed by atoms with van der Waals surface area (Å²) in [4.78, 5) is 12.8. The lowest BCUT2D eigenvalue weighted by molar-refractivity contribution is -0.143. The number of carbonyl (C=O) groups excluding carboxylic acids is 1. The fourth-order valence-corrected chi connectivity index (χ4v) is 2.04. The molecule has 1 aliphatic heterocycles. The van der Waals surface area contributed by atoms with Gasteiger partial charge in [0.05, 0.1) is 12.6 Å². The van der Waals surface area contributed by atoms with E-state index in [-0.39, 0.29) is 11.8 Å². The summed E-state index contributed by atoms with van der Waals surface area (Å²) in [6.45, 7) is 2.15. The van der Waals surface area contributed by atoms with Crippen LogP contribution < -0.4 is 11.1 Å². The summed E-state index contributed by atoms with van der Waals surface area (Å²) in [6, 6.07) is -0.530. The van der Waals surface area contributed by atoms with Crippen molar-refractivity contribution in [3.8, 4) is 0 Å². The van der Waals surface area contributed by atoms with Crippen molar-refractivity contribution in [2.75, 3.05) is 26.2 Å². The molecular weight excluding hydrogens is 247 g/mol. The zero-order valence-corrected chi connectivity index (χ0v) is 10.5. The van der Waals surface area contributed by atoms with Gasteiger partial charge in [-0.2, -0.15) is 13.2 Å². The van der Waals surface area contributed by atoms with E-state index < -0.39 is 18.8 Å². The summed E-state index contributed by atoms with van der Waals surface area (Å²) in [7, 11) is 0. The molecule has 1 aliphatic rings. The normalized spacial score (nSPS) is 23.1. The van der Waals surface area contributed by atoms with E-state index >= 15 is 0 Å². The molecule has 2 unspecified atom stereocenters. The molecule has 3 N–H and O–H groups in total. The molecular formula is C11H20F3N3O. The number of hydrogen-bond acceptors (Lipinski definition) is 3.